The van der Waals surface area contributed by atoms with E-state index in [1.807, 2.05) is 23.0 Å². The molecular weight excluding hydrogens is 340 g/mol. The molecule has 0 fully saturated rings. The molecule has 2 aromatic rings. The molecule has 0 spiro atoms. The Morgan fingerprint density at radius 2 is 1.96 bits per heavy atom. The summed E-state index contributed by atoms with van der Waals surface area (Å²) >= 11 is 0. The van der Waals surface area contributed by atoms with Gasteiger partial charge in [0.25, 0.3) is 0 Å². The van der Waals surface area contributed by atoms with Crippen LogP contribution in [-0.2, 0) is 19.6 Å². The summed E-state index contributed by atoms with van der Waals surface area (Å²) in [4.78, 5) is 4.56. The summed E-state index contributed by atoms with van der Waals surface area (Å²) in [5.74, 6) is 1.66. The van der Waals surface area contributed by atoms with Crippen molar-refractivity contribution in [3.63, 3.8) is 0 Å². The van der Waals surface area contributed by atoms with Crippen LogP contribution >= 0.6 is 0 Å². The number of benzene rings is 1. The molecular formula is C21H34N4O2. The van der Waals surface area contributed by atoms with Crippen molar-refractivity contribution in [1.29, 1.82) is 0 Å². The standard InChI is InChI=1S/C21H34N4O2/c1-6-24(15-18-14-22-25(7-2)16-18)17-19-10-8-11-20(26-5)21(19)27-13-9-12-23(3)4/h8,10-11,14,16H,6-7,9,12-13,15,17H2,1-5H3. The molecule has 0 unspecified atom stereocenters. The summed E-state index contributed by atoms with van der Waals surface area (Å²) in [7, 11) is 5.85. The number of rotatable bonds is 12. The number of ether oxygens (including phenoxy) is 2. The van der Waals surface area contributed by atoms with Crippen molar-refractivity contribution in [3.05, 3.63) is 41.7 Å². The minimum absolute atomic E-state index is 0.681. The molecule has 150 valence electrons. The van der Waals surface area contributed by atoms with Crippen LogP contribution in [-0.4, -0.2) is 60.5 Å². The average Bonchev–Trinajstić information content (AvgIpc) is 3.12. The summed E-state index contributed by atoms with van der Waals surface area (Å²) in [6, 6.07) is 6.12. The molecule has 0 aliphatic carbocycles. The zero-order chi connectivity index (χ0) is 19.6. The van der Waals surface area contributed by atoms with Gasteiger partial charge in [-0.05, 0) is 40.1 Å². The van der Waals surface area contributed by atoms with Gasteiger partial charge in [-0.3, -0.25) is 9.58 Å². The summed E-state index contributed by atoms with van der Waals surface area (Å²) in [5.41, 5.74) is 2.39. The highest BCUT2D eigenvalue weighted by Crippen LogP contribution is 2.32. The lowest BCUT2D eigenvalue weighted by Gasteiger charge is -2.22. The number of aromatic nitrogens is 2. The Bertz CT molecular complexity index is 685. The fourth-order valence-electron chi connectivity index (χ4n) is 3.00. The van der Waals surface area contributed by atoms with Crippen molar-refractivity contribution in [2.75, 3.05) is 40.9 Å². The van der Waals surface area contributed by atoms with Crippen molar-refractivity contribution in [3.8, 4) is 11.5 Å². The summed E-state index contributed by atoms with van der Waals surface area (Å²) in [5, 5.41) is 4.38. The highest BCUT2D eigenvalue weighted by molar-refractivity contribution is 5.46. The Morgan fingerprint density at radius 1 is 1.15 bits per heavy atom. The van der Waals surface area contributed by atoms with Crippen molar-refractivity contribution in [2.45, 2.75) is 39.9 Å². The van der Waals surface area contributed by atoms with E-state index >= 15 is 0 Å². The van der Waals surface area contributed by atoms with Gasteiger partial charge in [-0.2, -0.15) is 5.10 Å². The smallest absolute Gasteiger partial charge is 0.165 e. The molecule has 0 saturated heterocycles. The van der Waals surface area contributed by atoms with Crippen molar-refractivity contribution in [1.82, 2.24) is 19.6 Å². The third-order valence-electron chi connectivity index (χ3n) is 4.53. The number of nitrogens with zero attached hydrogens (tertiary/aromatic N) is 4. The molecule has 0 radical (unpaired) electrons. The first-order valence-electron chi connectivity index (χ1n) is 9.74. The zero-order valence-electron chi connectivity index (χ0n) is 17.4. The van der Waals surface area contributed by atoms with Crippen LogP contribution in [0.25, 0.3) is 0 Å². The number of methoxy groups -OCH3 is 1. The maximum Gasteiger partial charge on any atom is 0.165 e. The monoisotopic (exact) mass is 374 g/mol. The number of hydrogen-bond donors (Lipinski definition) is 0. The van der Waals surface area contributed by atoms with E-state index in [0.29, 0.717) is 6.61 Å². The van der Waals surface area contributed by atoms with Gasteiger partial charge in [0.2, 0.25) is 0 Å². The molecule has 0 amide bonds. The van der Waals surface area contributed by atoms with Gasteiger partial charge in [-0.1, -0.05) is 19.1 Å². The maximum absolute atomic E-state index is 6.13. The second kappa shape index (κ2) is 10.9. The molecule has 0 aliphatic rings. The molecule has 6 heteroatoms. The fourth-order valence-corrected chi connectivity index (χ4v) is 3.00. The first-order chi connectivity index (χ1) is 13.1. The highest BCUT2D eigenvalue weighted by atomic mass is 16.5. The summed E-state index contributed by atoms with van der Waals surface area (Å²) < 4.78 is 13.6. The minimum atomic E-state index is 0.681. The lowest BCUT2D eigenvalue weighted by atomic mass is 10.1. The van der Waals surface area contributed by atoms with Crippen LogP contribution in [0.5, 0.6) is 11.5 Å². The molecule has 2 rings (SSSR count). The highest BCUT2D eigenvalue weighted by Gasteiger charge is 2.14. The Hall–Kier alpha value is -2.05. The van der Waals surface area contributed by atoms with Crippen LogP contribution in [0.2, 0.25) is 0 Å². The van der Waals surface area contributed by atoms with Gasteiger partial charge >= 0.3 is 0 Å². The molecule has 1 aromatic carbocycles. The SMILES string of the molecule is CCN(Cc1cnn(CC)c1)Cc1cccc(OC)c1OCCCN(C)C. The van der Waals surface area contributed by atoms with E-state index in [1.54, 1.807) is 7.11 Å². The number of hydrogen-bond acceptors (Lipinski definition) is 5. The quantitative estimate of drug-likeness (QED) is 0.534. The lowest BCUT2D eigenvalue weighted by Crippen LogP contribution is -2.23. The third kappa shape index (κ3) is 6.56. The number of aryl methyl sites for hydroxylation is 1. The fraction of sp³-hybridized carbons (Fsp3) is 0.571. The molecule has 6 nitrogen and oxygen atoms in total. The van der Waals surface area contributed by atoms with Crippen LogP contribution in [0.1, 0.15) is 31.4 Å². The van der Waals surface area contributed by atoms with E-state index in [9.17, 15) is 0 Å². The Balaban J connectivity index is 2.07. The van der Waals surface area contributed by atoms with Gasteiger partial charge in [0.15, 0.2) is 11.5 Å². The topological polar surface area (TPSA) is 42.8 Å². The van der Waals surface area contributed by atoms with Gasteiger partial charge in [0.1, 0.15) is 0 Å². The predicted octanol–water partition coefficient (Wildman–Crippen LogP) is 3.26. The van der Waals surface area contributed by atoms with E-state index < -0.39 is 0 Å². The number of para-hydroxylation sites is 1. The normalized spacial score (nSPS) is 11.4. The zero-order valence-corrected chi connectivity index (χ0v) is 17.4. The molecule has 1 aromatic heterocycles. The first kappa shape index (κ1) is 21.3. The molecule has 0 atom stereocenters. The van der Waals surface area contributed by atoms with E-state index in [2.05, 4.69) is 55.1 Å². The molecule has 0 bridgehead atoms. The maximum atomic E-state index is 6.13. The van der Waals surface area contributed by atoms with E-state index in [0.717, 1.165) is 56.2 Å². The Kier molecular flexibility index (Phi) is 8.61. The van der Waals surface area contributed by atoms with Crippen molar-refractivity contribution >= 4 is 0 Å². The van der Waals surface area contributed by atoms with Gasteiger partial charge in [-0.15, -0.1) is 0 Å². The van der Waals surface area contributed by atoms with E-state index in [4.69, 9.17) is 9.47 Å². The minimum Gasteiger partial charge on any atom is -0.493 e. The van der Waals surface area contributed by atoms with Crippen molar-refractivity contribution < 1.29 is 9.47 Å². The molecule has 0 saturated carbocycles. The summed E-state index contributed by atoms with van der Waals surface area (Å²) in [6.45, 7) is 9.50. The van der Waals surface area contributed by atoms with E-state index in [-0.39, 0.29) is 0 Å². The first-order valence-corrected chi connectivity index (χ1v) is 9.74. The largest absolute Gasteiger partial charge is 0.493 e. The third-order valence-corrected chi connectivity index (χ3v) is 4.53. The van der Waals surface area contributed by atoms with Crippen LogP contribution in [0.4, 0.5) is 0 Å². The van der Waals surface area contributed by atoms with Crippen LogP contribution in [0.15, 0.2) is 30.6 Å². The van der Waals surface area contributed by atoms with Gasteiger partial charge < -0.3 is 14.4 Å². The molecule has 0 aliphatic heterocycles. The molecule has 1 heterocycles. The van der Waals surface area contributed by atoms with Crippen LogP contribution in [0.3, 0.4) is 0 Å². The van der Waals surface area contributed by atoms with Gasteiger partial charge in [-0.25, -0.2) is 0 Å². The van der Waals surface area contributed by atoms with Gasteiger partial charge in [0, 0.05) is 43.5 Å². The molecule has 0 N–H and O–H groups in total. The second-order valence-corrected chi connectivity index (χ2v) is 6.96. The van der Waals surface area contributed by atoms with E-state index in [1.165, 1.54) is 5.56 Å². The Morgan fingerprint density at radius 3 is 2.59 bits per heavy atom. The summed E-state index contributed by atoms with van der Waals surface area (Å²) in [6.07, 6.45) is 5.06. The van der Waals surface area contributed by atoms with Crippen LogP contribution in [0, 0.1) is 0 Å². The van der Waals surface area contributed by atoms with Crippen molar-refractivity contribution in [2.24, 2.45) is 0 Å². The lowest BCUT2D eigenvalue weighted by molar-refractivity contribution is 0.245. The molecule has 27 heavy (non-hydrogen) atoms. The van der Waals surface area contributed by atoms with Crippen LogP contribution < -0.4 is 9.47 Å². The predicted molar refractivity (Wildman–Crippen MR) is 109 cm³/mol. The second-order valence-electron chi connectivity index (χ2n) is 6.96. The van der Waals surface area contributed by atoms with Gasteiger partial charge in [0.05, 0.1) is 19.9 Å². The Labute approximate surface area is 163 Å². The average molecular weight is 375 g/mol.